The van der Waals surface area contributed by atoms with Crippen LogP contribution in [0.2, 0.25) is 0 Å². The largest absolute Gasteiger partial charge is 0.482 e. The number of anilines is 2. The molecule has 3 amide bonds. The first kappa shape index (κ1) is 17.9. The fraction of sp³-hybridized carbons (Fsp3) is 0.167. The van der Waals surface area contributed by atoms with E-state index in [2.05, 4.69) is 26.6 Å². The third-order valence-corrected chi connectivity index (χ3v) is 4.40. The van der Waals surface area contributed by atoms with Crippen molar-refractivity contribution in [3.05, 3.63) is 53.0 Å². The smallest absolute Gasteiger partial charge is 0.265 e. The van der Waals surface area contributed by atoms with E-state index in [0.29, 0.717) is 17.1 Å². The fourth-order valence-electron chi connectivity index (χ4n) is 2.46. The predicted octanol–water partition coefficient (Wildman–Crippen LogP) is 1.93. The number of hydrogen-bond donors (Lipinski definition) is 2. The van der Waals surface area contributed by atoms with Crippen molar-refractivity contribution in [2.24, 2.45) is 0 Å². The number of carbonyl (C=O) groups is 3. The number of amides is 3. The molecule has 0 saturated heterocycles. The monoisotopic (exact) mass is 417 g/mol. The summed E-state index contributed by atoms with van der Waals surface area (Å²) in [6.45, 7) is -0.491. The van der Waals surface area contributed by atoms with Gasteiger partial charge in [-0.2, -0.15) is 0 Å². The third-order valence-electron chi connectivity index (χ3n) is 3.70. The molecule has 1 aliphatic rings. The van der Waals surface area contributed by atoms with Crippen LogP contribution in [0, 0.1) is 0 Å². The minimum absolute atomic E-state index is 0.118. The van der Waals surface area contributed by atoms with Gasteiger partial charge in [-0.25, -0.2) is 0 Å². The molecule has 1 heterocycles. The molecule has 134 valence electrons. The molecule has 0 saturated carbocycles. The van der Waals surface area contributed by atoms with Crippen LogP contribution in [0.25, 0.3) is 0 Å². The summed E-state index contributed by atoms with van der Waals surface area (Å²) in [5.41, 5.74) is 1.15. The average molecular weight is 418 g/mol. The zero-order valence-corrected chi connectivity index (χ0v) is 15.3. The Morgan fingerprint density at radius 1 is 1.08 bits per heavy atom. The molecule has 0 aromatic heterocycles. The lowest BCUT2D eigenvalue weighted by atomic mass is 10.2. The van der Waals surface area contributed by atoms with Crippen LogP contribution >= 0.6 is 15.9 Å². The van der Waals surface area contributed by atoms with Crippen LogP contribution in [0.4, 0.5) is 11.4 Å². The van der Waals surface area contributed by atoms with Crippen LogP contribution in [0.3, 0.4) is 0 Å². The van der Waals surface area contributed by atoms with Crippen LogP contribution in [0.5, 0.6) is 5.75 Å². The predicted molar refractivity (Wildman–Crippen MR) is 100 cm³/mol. The third kappa shape index (κ3) is 4.20. The highest BCUT2D eigenvalue weighted by molar-refractivity contribution is 9.10. The Bertz CT molecular complexity index is 856. The molecule has 1 aliphatic heterocycles. The Kier molecular flexibility index (Phi) is 5.52. The maximum atomic E-state index is 12.2. The summed E-state index contributed by atoms with van der Waals surface area (Å²) in [5.74, 6) is -0.556. The van der Waals surface area contributed by atoms with Gasteiger partial charge in [0.05, 0.1) is 17.9 Å². The van der Waals surface area contributed by atoms with Crippen molar-refractivity contribution in [3.63, 3.8) is 0 Å². The molecule has 7 nitrogen and oxygen atoms in total. The second-order valence-electron chi connectivity index (χ2n) is 5.54. The van der Waals surface area contributed by atoms with Gasteiger partial charge in [0.1, 0.15) is 12.3 Å². The molecule has 8 heteroatoms. The van der Waals surface area contributed by atoms with Crippen LogP contribution in [0.15, 0.2) is 53.0 Å². The van der Waals surface area contributed by atoms with E-state index < -0.39 is 5.91 Å². The van der Waals surface area contributed by atoms with Crippen molar-refractivity contribution >= 4 is 45.0 Å². The number of benzene rings is 2. The van der Waals surface area contributed by atoms with Crippen molar-refractivity contribution < 1.29 is 19.1 Å². The molecule has 0 fully saturated rings. The molecule has 3 rings (SSSR count). The number of nitrogens with one attached hydrogen (secondary N) is 2. The van der Waals surface area contributed by atoms with Gasteiger partial charge in [-0.05, 0) is 40.2 Å². The standard InChI is InChI=1S/C18H16BrN3O4/c19-12-5-1-2-6-13(12)21-16(23)9-20-17(24)10-22-14-7-3-4-8-15(14)26-11-18(22)25/h1-8H,9-11H2,(H,20,24)(H,21,23). The SMILES string of the molecule is O=C(CN1C(=O)COc2ccccc21)NCC(=O)Nc1ccccc1Br. The second-order valence-corrected chi connectivity index (χ2v) is 6.40. The van der Waals surface area contributed by atoms with Gasteiger partial charge in [0.2, 0.25) is 11.8 Å². The number of nitrogens with zero attached hydrogens (tertiary/aromatic N) is 1. The van der Waals surface area contributed by atoms with Gasteiger partial charge in [0.15, 0.2) is 6.61 Å². The lowest BCUT2D eigenvalue weighted by Crippen LogP contribution is -2.46. The second kappa shape index (κ2) is 8.01. The lowest BCUT2D eigenvalue weighted by molar-refractivity contribution is -0.126. The number of carbonyl (C=O) groups excluding carboxylic acids is 3. The Labute approximate surface area is 158 Å². The molecule has 0 spiro atoms. The molecule has 0 unspecified atom stereocenters. The zero-order valence-electron chi connectivity index (χ0n) is 13.7. The quantitative estimate of drug-likeness (QED) is 0.777. The van der Waals surface area contributed by atoms with Crippen LogP contribution in [0.1, 0.15) is 0 Å². The molecular weight excluding hydrogens is 402 g/mol. The minimum Gasteiger partial charge on any atom is -0.482 e. The van der Waals surface area contributed by atoms with Gasteiger partial charge in [0, 0.05) is 4.47 Å². The summed E-state index contributed by atoms with van der Waals surface area (Å²) in [7, 11) is 0. The maximum Gasteiger partial charge on any atom is 0.265 e. The summed E-state index contributed by atoms with van der Waals surface area (Å²) in [6.07, 6.45) is 0. The van der Waals surface area contributed by atoms with Gasteiger partial charge < -0.3 is 15.4 Å². The first-order chi connectivity index (χ1) is 12.5. The molecule has 2 N–H and O–H groups in total. The molecule has 0 aliphatic carbocycles. The van der Waals surface area contributed by atoms with Gasteiger partial charge in [-0.1, -0.05) is 24.3 Å². The van der Waals surface area contributed by atoms with E-state index >= 15 is 0 Å². The van der Waals surface area contributed by atoms with Gasteiger partial charge in [-0.15, -0.1) is 0 Å². The minimum atomic E-state index is -0.433. The summed E-state index contributed by atoms with van der Waals surface area (Å²) >= 11 is 3.33. The van der Waals surface area contributed by atoms with E-state index in [-0.39, 0.29) is 31.5 Å². The Morgan fingerprint density at radius 2 is 1.81 bits per heavy atom. The summed E-state index contributed by atoms with van der Waals surface area (Å²) in [6, 6.07) is 14.2. The highest BCUT2D eigenvalue weighted by Gasteiger charge is 2.26. The molecule has 2 aromatic carbocycles. The van der Waals surface area contributed by atoms with E-state index in [0.717, 1.165) is 4.47 Å². The van der Waals surface area contributed by atoms with Crippen molar-refractivity contribution in [2.45, 2.75) is 0 Å². The summed E-state index contributed by atoms with van der Waals surface area (Å²) in [4.78, 5) is 37.5. The van der Waals surface area contributed by atoms with Crippen molar-refractivity contribution in [1.29, 1.82) is 0 Å². The Balaban J connectivity index is 1.55. The van der Waals surface area contributed by atoms with Crippen molar-refractivity contribution in [2.75, 3.05) is 29.9 Å². The highest BCUT2D eigenvalue weighted by Crippen LogP contribution is 2.31. The lowest BCUT2D eigenvalue weighted by Gasteiger charge is -2.28. The molecule has 2 aromatic rings. The highest BCUT2D eigenvalue weighted by atomic mass is 79.9. The van der Waals surface area contributed by atoms with Crippen molar-refractivity contribution in [1.82, 2.24) is 5.32 Å². The zero-order chi connectivity index (χ0) is 18.5. The van der Waals surface area contributed by atoms with Crippen LogP contribution < -0.4 is 20.3 Å². The maximum absolute atomic E-state index is 12.2. The van der Waals surface area contributed by atoms with E-state index in [1.54, 1.807) is 42.5 Å². The van der Waals surface area contributed by atoms with Gasteiger partial charge >= 0.3 is 0 Å². The fourth-order valence-corrected chi connectivity index (χ4v) is 2.85. The molecular formula is C18H16BrN3O4. The number of rotatable bonds is 5. The first-order valence-corrected chi connectivity index (χ1v) is 8.67. The van der Waals surface area contributed by atoms with E-state index in [9.17, 15) is 14.4 Å². The van der Waals surface area contributed by atoms with Gasteiger partial charge in [0.25, 0.3) is 5.91 Å². The van der Waals surface area contributed by atoms with Crippen molar-refractivity contribution in [3.8, 4) is 5.75 Å². The number of halogens is 1. The normalized spacial score (nSPS) is 12.8. The van der Waals surface area contributed by atoms with Crippen LogP contribution in [-0.2, 0) is 14.4 Å². The number of fused-ring (bicyclic) bond motifs is 1. The topological polar surface area (TPSA) is 87.7 Å². The Hall–Kier alpha value is -2.87. The van der Waals surface area contributed by atoms with E-state index in [4.69, 9.17) is 4.74 Å². The van der Waals surface area contributed by atoms with E-state index in [1.165, 1.54) is 4.90 Å². The van der Waals surface area contributed by atoms with E-state index in [1.807, 2.05) is 6.07 Å². The van der Waals surface area contributed by atoms with Gasteiger partial charge in [-0.3, -0.25) is 19.3 Å². The number of para-hydroxylation sites is 3. The first-order valence-electron chi connectivity index (χ1n) is 7.88. The summed E-state index contributed by atoms with van der Waals surface area (Å²) in [5, 5.41) is 5.21. The summed E-state index contributed by atoms with van der Waals surface area (Å²) < 4.78 is 6.08. The molecule has 26 heavy (non-hydrogen) atoms. The molecule has 0 radical (unpaired) electrons. The molecule has 0 atom stereocenters. The molecule has 0 bridgehead atoms. The number of hydrogen-bond acceptors (Lipinski definition) is 4. The Morgan fingerprint density at radius 3 is 2.62 bits per heavy atom. The number of ether oxygens (including phenoxy) is 1. The van der Waals surface area contributed by atoms with Crippen LogP contribution in [-0.4, -0.2) is 37.4 Å². The average Bonchev–Trinajstić information content (AvgIpc) is 2.64.